The smallest absolute Gasteiger partial charge is 0.0689 e. The Labute approximate surface area is 132 Å². The van der Waals surface area contributed by atoms with Crippen molar-refractivity contribution >= 4 is 0 Å². The molecule has 2 saturated carbocycles. The molecule has 0 saturated heterocycles. The summed E-state index contributed by atoms with van der Waals surface area (Å²) in [5.41, 5.74) is 0.0478. The summed E-state index contributed by atoms with van der Waals surface area (Å²) in [5, 5.41) is 9.70. The first-order valence-corrected chi connectivity index (χ1v) is 9.64. The van der Waals surface area contributed by atoms with Crippen LogP contribution in [0.1, 0.15) is 97.3 Å². The summed E-state index contributed by atoms with van der Waals surface area (Å²) >= 11 is 0. The van der Waals surface area contributed by atoms with Gasteiger partial charge in [0, 0.05) is 0 Å². The molecular formula is C20H35N. The fourth-order valence-corrected chi connectivity index (χ4v) is 4.96. The summed E-state index contributed by atoms with van der Waals surface area (Å²) in [4.78, 5) is 0. The Morgan fingerprint density at radius 1 is 1.00 bits per heavy atom. The Morgan fingerprint density at radius 2 is 1.81 bits per heavy atom. The maximum absolute atomic E-state index is 9.70. The minimum absolute atomic E-state index is 0.0478. The lowest BCUT2D eigenvalue weighted by atomic mass is 9.58. The number of hydrogen-bond donors (Lipinski definition) is 0. The molecule has 4 atom stereocenters. The van der Waals surface area contributed by atoms with Gasteiger partial charge in [-0.05, 0) is 56.3 Å². The number of nitriles is 1. The molecule has 0 spiro atoms. The summed E-state index contributed by atoms with van der Waals surface area (Å²) in [6, 6.07) is 2.74. The van der Waals surface area contributed by atoms with Gasteiger partial charge in [-0.25, -0.2) is 0 Å². The highest BCUT2D eigenvalue weighted by molar-refractivity contribution is 5.04. The van der Waals surface area contributed by atoms with Crippen molar-refractivity contribution in [2.45, 2.75) is 97.3 Å². The molecule has 0 amide bonds. The second-order valence-corrected chi connectivity index (χ2v) is 7.93. The monoisotopic (exact) mass is 289 g/mol. The molecule has 21 heavy (non-hydrogen) atoms. The van der Waals surface area contributed by atoms with Crippen LogP contribution < -0.4 is 0 Å². The van der Waals surface area contributed by atoms with E-state index >= 15 is 0 Å². The van der Waals surface area contributed by atoms with E-state index < -0.39 is 0 Å². The van der Waals surface area contributed by atoms with Crippen molar-refractivity contribution in [1.29, 1.82) is 5.26 Å². The number of nitrogens with zero attached hydrogens (tertiary/aromatic N) is 1. The molecule has 0 aromatic carbocycles. The zero-order valence-corrected chi connectivity index (χ0v) is 14.4. The molecule has 4 unspecified atom stereocenters. The van der Waals surface area contributed by atoms with Crippen LogP contribution in [0.5, 0.6) is 0 Å². The molecule has 0 radical (unpaired) electrons. The van der Waals surface area contributed by atoms with E-state index in [4.69, 9.17) is 0 Å². The molecule has 0 aliphatic heterocycles. The van der Waals surface area contributed by atoms with Crippen molar-refractivity contribution in [1.82, 2.24) is 0 Å². The lowest BCUT2D eigenvalue weighted by Crippen LogP contribution is -2.36. The van der Waals surface area contributed by atoms with Crippen molar-refractivity contribution in [3.63, 3.8) is 0 Å². The summed E-state index contributed by atoms with van der Waals surface area (Å²) in [5.74, 6) is 2.83. The van der Waals surface area contributed by atoms with E-state index in [0.717, 1.165) is 24.2 Å². The first-order valence-electron chi connectivity index (χ1n) is 9.64. The zero-order valence-electron chi connectivity index (χ0n) is 14.4. The van der Waals surface area contributed by atoms with E-state index in [1.165, 1.54) is 77.0 Å². The molecule has 2 aliphatic carbocycles. The van der Waals surface area contributed by atoms with Crippen LogP contribution in [-0.2, 0) is 0 Å². The second kappa shape index (κ2) is 8.21. The number of fused-ring (bicyclic) bond motifs is 1. The van der Waals surface area contributed by atoms with Gasteiger partial charge >= 0.3 is 0 Å². The first-order chi connectivity index (χ1) is 10.2. The molecule has 0 bridgehead atoms. The minimum atomic E-state index is 0.0478. The highest BCUT2D eigenvalue weighted by Crippen LogP contribution is 2.51. The Balaban J connectivity index is 1.83. The predicted molar refractivity (Wildman–Crippen MR) is 89.9 cm³/mol. The fourth-order valence-electron chi connectivity index (χ4n) is 4.96. The van der Waals surface area contributed by atoms with Crippen molar-refractivity contribution < 1.29 is 0 Å². The highest BCUT2D eigenvalue weighted by atomic mass is 14.5. The molecular weight excluding hydrogens is 254 g/mol. The fraction of sp³-hybridized carbons (Fsp3) is 0.950. The topological polar surface area (TPSA) is 23.8 Å². The van der Waals surface area contributed by atoms with E-state index in [2.05, 4.69) is 19.9 Å². The molecule has 2 aliphatic rings. The van der Waals surface area contributed by atoms with Crippen molar-refractivity contribution in [2.24, 2.45) is 23.2 Å². The van der Waals surface area contributed by atoms with Gasteiger partial charge in [0.1, 0.15) is 0 Å². The van der Waals surface area contributed by atoms with Gasteiger partial charge in [0.2, 0.25) is 0 Å². The van der Waals surface area contributed by atoms with Crippen molar-refractivity contribution in [3.8, 4) is 6.07 Å². The summed E-state index contributed by atoms with van der Waals surface area (Å²) < 4.78 is 0. The van der Waals surface area contributed by atoms with Crippen molar-refractivity contribution in [2.75, 3.05) is 0 Å². The molecule has 0 aromatic heterocycles. The van der Waals surface area contributed by atoms with Gasteiger partial charge in [-0.15, -0.1) is 0 Å². The summed E-state index contributed by atoms with van der Waals surface area (Å²) in [6.45, 7) is 4.55. The van der Waals surface area contributed by atoms with Gasteiger partial charge in [-0.2, -0.15) is 5.26 Å². The van der Waals surface area contributed by atoms with Crippen LogP contribution >= 0.6 is 0 Å². The quantitative estimate of drug-likeness (QED) is 0.492. The maximum Gasteiger partial charge on any atom is 0.0689 e. The summed E-state index contributed by atoms with van der Waals surface area (Å²) in [6.07, 6.45) is 17.4. The van der Waals surface area contributed by atoms with Gasteiger partial charge in [0.25, 0.3) is 0 Å². The molecule has 0 aromatic rings. The van der Waals surface area contributed by atoms with E-state index in [1.54, 1.807) is 0 Å². The van der Waals surface area contributed by atoms with Crippen LogP contribution in [0.3, 0.4) is 0 Å². The van der Waals surface area contributed by atoms with E-state index in [9.17, 15) is 5.26 Å². The lowest BCUT2D eigenvalue weighted by Gasteiger charge is -2.45. The van der Waals surface area contributed by atoms with Crippen LogP contribution in [0.25, 0.3) is 0 Å². The third-order valence-electron chi connectivity index (χ3n) is 6.36. The van der Waals surface area contributed by atoms with Crippen LogP contribution in [0.4, 0.5) is 0 Å². The Hall–Kier alpha value is -0.510. The largest absolute Gasteiger partial charge is 0.198 e. The van der Waals surface area contributed by atoms with E-state index in [-0.39, 0.29) is 5.41 Å². The average molecular weight is 290 g/mol. The number of rotatable bonds is 7. The normalized spacial score (nSPS) is 36.0. The Kier molecular flexibility index (Phi) is 6.59. The van der Waals surface area contributed by atoms with Crippen LogP contribution in [0, 0.1) is 34.5 Å². The zero-order chi connectivity index (χ0) is 15.1. The minimum Gasteiger partial charge on any atom is -0.198 e. The molecule has 0 N–H and O–H groups in total. The van der Waals surface area contributed by atoms with Gasteiger partial charge in [0.15, 0.2) is 0 Å². The molecule has 1 nitrogen and oxygen atoms in total. The van der Waals surface area contributed by atoms with Crippen LogP contribution in [0.15, 0.2) is 0 Å². The molecule has 2 fully saturated rings. The Bertz CT molecular complexity index is 342. The standard InChI is InChI=1S/C20H35N/c1-3-5-7-8-17-9-10-19-15-20(16-21,12-6-4-2)13-11-18(19)14-17/h17-19H,3-15H2,1-2H3. The van der Waals surface area contributed by atoms with Gasteiger partial charge < -0.3 is 0 Å². The Morgan fingerprint density at radius 3 is 2.52 bits per heavy atom. The van der Waals surface area contributed by atoms with Gasteiger partial charge in [-0.3, -0.25) is 0 Å². The van der Waals surface area contributed by atoms with Gasteiger partial charge in [-0.1, -0.05) is 58.8 Å². The number of hydrogen-bond acceptors (Lipinski definition) is 1. The number of unbranched alkanes of at least 4 members (excludes halogenated alkanes) is 3. The molecule has 2 rings (SSSR count). The van der Waals surface area contributed by atoms with Crippen LogP contribution in [-0.4, -0.2) is 0 Å². The maximum atomic E-state index is 9.70. The van der Waals surface area contributed by atoms with Crippen LogP contribution in [0.2, 0.25) is 0 Å². The summed E-state index contributed by atoms with van der Waals surface area (Å²) in [7, 11) is 0. The third kappa shape index (κ3) is 4.48. The molecule has 1 heteroatoms. The third-order valence-corrected chi connectivity index (χ3v) is 6.36. The van der Waals surface area contributed by atoms with Crippen molar-refractivity contribution in [3.05, 3.63) is 0 Å². The first kappa shape index (κ1) is 16.9. The molecule has 120 valence electrons. The second-order valence-electron chi connectivity index (χ2n) is 7.93. The lowest BCUT2D eigenvalue weighted by molar-refractivity contribution is 0.0618. The van der Waals surface area contributed by atoms with E-state index in [1.807, 2.05) is 0 Å². The predicted octanol–water partition coefficient (Wildman–Crippen LogP) is 6.48. The van der Waals surface area contributed by atoms with E-state index in [0.29, 0.717) is 0 Å². The SMILES string of the molecule is CCCCCC1CCC2CC(C#N)(CCCC)CCC2C1. The highest BCUT2D eigenvalue weighted by Gasteiger charge is 2.42. The average Bonchev–Trinajstić information content (AvgIpc) is 2.53. The van der Waals surface area contributed by atoms with Gasteiger partial charge in [0.05, 0.1) is 11.5 Å². The molecule has 0 heterocycles.